The molecule has 0 aliphatic heterocycles. The third-order valence-corrected chi connectivity index (χ3v) is 3.43. The van der Waals surface area contributed by atoms with Crippen LogP contribution in [0.2, 0.25) is 0 Å². The largest absolute Gasteiger partial charge is 0.494 e. The van der Waals surface area contributed by atoms with Gasteiger partial charge in [-0.1, -0.05) is 6.08 Å². The molecule has 2 amide bonds. The smallest absolute Gasteiger partial charge is 0.256 e. The van der Waals surface area contributed by atoms with Crippen LogP contribution in [-0.4, -0.2) is 85.4 Å². The van der Waals surface area contributed by atoms with Gasteiger partial charge in [0, 0.05) is 26.3 Å². The van der Waals surface area contributed by atoms with E-state index in [9.17, 15) is 19.8 Å². The first kappa shape index (κ1) is 24.8. The van der Waals surface area contributed by atoms with Gasteiger partial charge in [-0.3, -0.25) is 9.59 Å². The Kier molecular flexibility index (Phi) is 12.0. The molecule has 0 saturated carbocycles. The SMILES string of the molecule is C\C=C/C(=C\C=C(/C)NC(=O)C(O)C(O)C(=O)N(C)C)OCCCN(C)C. The summed E-state index contributed by atoms with van der Waals surface area (Å²) < 4.78 is 5.68. The number of allylic oxidation sites excluding steroid dienone is 5. The number of nitrogens with one attached hydrogen (secondary N) is 1. The Morgan fingerprint density at radius 3 is 2.26 bits per heavy atom. The first-order valence-electron chi connectivity index (χ1n) is 8.77. The summed E-state index contributed by atoms with van der Waals surface area (Å²) in [7, 11) is 6.84. The average molecular weight is 383 g/mol. The lowest BCUT2D eigenvalue weighted by Crippen LogP contribution is -2.48. The van der Waals surface area contributed by atoms with Gasteiger partial charge >= 0.3 is 0 Å². The average Bonchev–Trinajstić information content (AvgIpc) is 2.60. The third-order valence-electron chi connectivity index (χ3n) is 3.43. The lowest BCUT2D eigenvalue weighted by Gasteiger charge is -2.20. The Morgan fingerprint density at radius 1 is 1.11 bits per heavy atom. The topological polar surface area (TPSA) is 102 Å². The quantitative estimate of drug-likeness (QED) is 0.268. The molecule has 27 heavy (non-hydrogen) atoms. The Balaban J connectivity index is 4.80. The van der Waals surface area contributed by atoms with Crippen LogP contribution in [0.5, 0.6) is 0 Å². The predicted octanol–water partition coefficient (Wildman–Crippen LogP) is 0.245. The van der Waals surface area contributed by atoms with E-state index in [1.165, 1.54) is 14.1 Å². The number of likely N-dealkylation sites (N-methyl/N-ethyl adjacent to an activating group) is 1. The normalized spacial score (nSPS) is 15.0. The van der Waals surface area contributed by atoms with E-state index in [4.69, 9.17) is 4.74 Å². The monoisotopic (exact) mass is 383 g/mol. The van der Waals surface area contributed by atoms with Crippen LogP contribution in [0, 0.1) is 0 Å². The zero-order valence-electron chi connectivity index (χ0n) is 17.1. The second-order valence-corrected chi connectivity index (χ2v) is 6.54. The summed E-state index contributed by atoms with van der Waals surface area (Å²) in [5, 5.41) is 22.0. The minimum absolute atomic E-state index is 0.433. The fourth-order valence-electron chi connectivity index (χ4n) is 1.95. The molecule has 0 fully saturated rings. The van der Waals surface area contributed by atoms with Crippen molar-refractivity contribution in [2.75, 3.05) is 41.3 Å². The molecule has 0 aromatic rings. The van der Waals surface area contributed by atoms with Crippen LogP contribution in [0.25, 0.3) is 0 Å². The highest BCUT2D eigenvalue weighted by Gasteiger charge is 2.31. The first-order valence-corrected chi connectivity index (χ1v) is 8.77. The zero-order chi connectivity index (χ0) is 21.0. The van der Waals surface area contributed by atoms with E-state index in [0.717, 1.165) is 17.9 Å². The second kappa shape index (κ2) is 13.1. The summed E-state index contributed by atoms with van der Waals surface area (Å²) in [4.78, 5) is 26.8. The van der Waals surface area contributed by atoms with Gasteiger partial charge in [0.1, 0.15) is 5.76 Å². The molecule has 8 nitrogen and oxygen atoms in total. The molecular weight excluding hydrogens is 350 g/mol. The summed E-state index contributed by atoms with van der Waals surface area (Å²) in [6, 6.07) is 0. The van der Waals surface area contributed by atoms with Crippen molar-refractivity contribution in [2.24, 2.45) is 0 Å². The number of nitrogens with zero attached hydrogens (tertiary/aromatic N) is 2. The van der Waals surface area contributed by atoms with Gasteiger partial charge in [-0.05, 0) is 52.6 Å². The molecule has 0 radical (unpaired) electrons. The zero-order valence-corrected chi connectivity index (χ0v) is 17.1. The lowest BCUT2D eigenvalue weighted by atomic mass is 10.1. The molecule has 0 aromatic carbocycles. The molecule has 154 valence electrons. The minimum atomic E-state index is -1.86. The van der Waals surface area contributed by atoms with Gasteiger partial charge in [-0.25, -0.2) is 0 Å². The summed E-state index contributed by atoms with van der Waals surface area (Å²) in [6.07, 6.45) is 4.16. The highest BCUT2D eigenvalue weighted by atomic mass is 16.5. The van der Waals surface area contributed by atoms with Crippen molar-refractivity contribution in [1.82, 2.24) is 15.1 Å². The first-order chi connectivity index (χ1) is 12.6. The molecule has 0 aromatic heterocycles. The summed E-state index contributed by atoms with van der Waals surface area (Å²) >= 11 is 0. The minimum Gasteiger partial charge on any atom is -0.494 e. The van der Waals surface area contributed by atoms with E-state index in [-0.39, 0.29) is 0 Å². The maximum Gasteiger partial charge on any atom is 0.256 e. The number of aliphatic hydroxyl groups excluding tert-OH is 2. The van der Waals surface area contributed by atoms with Gasteiger partial charge in [0.25, 0.3) is 11.8 Å². The molecule has 0 aliphatic rings. The lowest BCUT2D eigenvalue weighted by molar-refractivity contribution is -0.150. The molecule has 0 aliphatic carbocycles. The van der Waals surface area contributed by atoms with Crippen molar-refractivity contribution < 1.29 is 24.5 Å². The number of hydrogen-bond acceptors (Lipinski definition) is 6. The van der Waals surface area contributed by atoms with Crippen molar-refractivity contribution in [1.29, 1.82) is 0 Å². The molecule has 0 saturated heterocycles. The van der Waals surface area contributed by atoms with Crippen LogP contribution >= 0.6 is 0 Å². The summed E-state index contributed by atoms with van der Waals surface area (Å²) in [5.74, 6) is -0.978. The van der Waals surface area contributed by atoms with E-state index in [0.29, 0.717) is 18.1 Å². The molecule has 0 bridgehead atoms. The summed E-state index contributed by atoms with van der Waals surface area (Å²) in [5.41, 5.74) is 0.433. The number of rotatable bonds is 11. The van der Waals surface area contributed by atoms with Gasteiger partial charge in [0.15, 0.2) is 12.2 Å². The number of carbonyl (C=O) groups is 2. The van der Waals surface area contributed by atoms with Gasteiger partial charge in [-0.15, -0.1) is 0 Å². The van der Waals surface area contributed by atoms with Gasteiger partial charge in [0.05, 0.1) is 6.61 Å². The Labute approximate surface area is 161 Å². The van der Waals surface area contributed by atoms with Crippen molar-refractivity contribution in [2.45, 2.75) is 32.5 Å². The molecular formula is C19H33N3O5. The Morgan fingerprint density at radius 2 is 1.74 bits per heavy atom. The standard InChI is InChI=1S/C19H33N3O5/c1-7-9-15(27-13-8-12-21(3)4)11-10-14(2)20-18(25)16(23)17(24)19(26)22(5)6/h7,9-11,16-17,23-24H,8,12-13H2,1-6H3,(H,20,25)/b9-7-,14-10+,15-11+. The highest BCUT2D eigenvalue weighted by Crippen LogP contribution is 2.04. The Bertz CT molecular complexity index is 568. The Hall–Kier alpha value is -2.16. The predicted molar refractivity (Wildman–Crippen MR) is 105 cm³/mol. The van der Waals surface area contributed by atoms with Crippen molar-refractivity contribution >= 4 is 11.8 Å². The number of aliphatic hydroxyl groups is 2. The molecule has 0 heterocycles. The number of ether oxygens (including phenoxy) is 1. The third kappa shape index (κ3) is 10.5. The van der Waals surface area contributed by atoms with E-state index in [1.54, 1.807) is 25.2 Å². The molecule has 2 unspecified atom stereocenters. The van der Waals surface area contributed by atoms with E-state index in [2.05, 4.69) is 10.2 Å². The number of carbonyl (C=O) groups excluding carboxylic acids is 2. The van der Waals surface area contributed by atoms with E-state index < -0.39 is 24.0 Å². The second-order valence-electron chi connectivity index (χ2n) is 6.54. The summed E-state index contributed by atoms with van der Waals surface area (Å²) in [6.45, 7) is 4.97. The van der Waals surface area contributed by atoms with Gasteiger partial charge in [-0.2, -0.15) is 0 Å². The highest BCUT2D eigenvalue weighted by molar-refractivity contribution is 5.91. The van der Waals surface area contributed by atoms with Crippen LogP contribution in [0.1, 0.15) is 20.3 Å². The van der Waals surface area contributed by atoms with Crippen LogP contribution in [-0.2, 0) is 14.3 Å². The van der Waals surface area contributed by atoms with Crippen LogP contribution in [0.15, 0.2) is 35.8 Å². The molecule has 0 rings (SSSR count). The van der Waals surface area contributed by atoms with Crippen LogP contribution < -0.4 is 5.32 Å². The fraction of sp³-hybridized carbons (Fsp3) is 0.579. The van der Waals surface area contributed by atoms with Gasteiger partial charge in [0.2, 0.25) is 0 Å². The maximum atomic E-state index is 12.0. The molecule has 2 atom stereocenters. The van der Waals surface area contributed by atoms with E-state index >= 15 is 0 Å². The van der Waals surface area contributed by atoms with Crippen molar-refractivity contribution in [3.05, 3.63) is 35.8 Å². The van der Waals surface area contributed by atoms with Crippen molar-refractivity contribution in [3.63, 3.8) is 0 Å². The number of hydrogen-bond donors (Lipinski definition) is 3. The fourth-order valence-corrected chi connectivity index (χ4v) is 1.95. The van der Waals surface area contributed by atoms with E-state index in [1.807, 2.05) is 27.1 Å². The van der Waals surface area contributed by atoms with Gasteiger partial charge < -0.3 is 30.1 Å². The number of amides is 2. The van der Waals surface area contributed by atoms with Crippen molar-refractivity contribution in [3.8, 4) is 0 Å². The molecule has 3 N–H and O–H groups in total. The molecule has 0 spiro atoms. The maximum absolute atomic E-state index is 12.0. The van der Waals surface area contributed by atoms with Crippen LogP contribution in [0.3, 0.4) is 0 Å². The molecule has 8 heteroatoms. The van der Waals surface area contributed by atoms with Crippen LogP contribution in [0.4, 0.5) is 0 Å².